The van der Waals surface area contributed by atoms with E-state index in [-0.39, 0.29) is 5.76 Å². The van der Waals surface area contributed by atoms with Crippen LogP contribution in [0.15, 0.2) is 34.7 Å². The van der Waals surface area contributed by atoms with E-state index in [0.717, 1.165) is 5.56 Å². The van der Waals surface area contributed by atoms with Crippen molar-refractivity contribution in [1.82, 2.24) is 10.3 Å². The molecule has 0 unspecified atom stereocenters. The van der Waals surface area contributed by atoms with Gasteiger partial charge in [0.2, 0.25) is 5.76 Å². The molecule has 0 aliphatic rings. The predicted octanol–water partition coefficient (Wildman–Crippen LogP) is 2.57. The fourth-order valence-corrected chi connectivity index (χ4v) is 2.43. The minimum absolute atomic E-state index is 0.153. The zero-order chi connectivity index (χ0) is 17.0. The quantitative estimate of drug-likeness (QED) is 0.857. The summed E-state index contributed by atoms with van der Waals surface area (Å²) in [6.45, 7) is 5.09. The summed E-state index contributed by atoms with van der Waals surface area (Å²) >= 11 is 0. The van der Waals surface area contributed by atoms with Gasteiger partial charge in [-0.1, -0.05) is 30.3 Å². The summed E-state index contributed by atoms with van der Waals surface area (Å²) in [7, 11) is 1.33. The number of nitrogens with zero attached hydrogens (tertiary/aromatic N) is 1. The van der Waals surface area contributed by atoms with Crippen molar-refractivity contribution in [2.45, 2.75) is 26.8 Å². The molecule has 1 amide bonds. The molecule has 0 aliphatic carbocycles. The van der Waals surface area contributed by atoms with Crippen LogP contribution in [0.25, 0.3) is 0 Å². The Bertz CT molecular complexity index is 694. The Kier molecular flexibility index (Phi) is 5.16. The van der Waals surface area contributed by atoms with E-state index < -0.39 is 23.8 Å². The van der Waals surface area contributed by atoms with Crippen molar-refractivity contribution in [3.63, 3.8) is 0 Å². The molecule has 0 aliphatic heterocycles. The van der Waals surface area contributed by atoms with Gasteiger partial charge in [-0.25, -0.2) is 4.98 Å². The average molecular weight is 316 g/mol. The zero-order valence-electron chi connectivity index (χ0n) is 13.6. The Morgan fingerprint density at radius 1 is 1.22 bits per heavy atom. The van der Waals surface area contributed by atoms with Crippen LogP contribution < -0.4 is 5.32 Å². The largest absolute Gasteiger partial charge is 0.469 e. The van der Waals surface area contributed by atoms with Gasteiger partial charge in [-0.05, 0) is 19.4 Å². The molecular formula is C17H20N2O4. The van der Waals surface area contributed by atoms with Crippen LogP contribution in [-0.2, 0) is 9.53 Å². The van der Waals surface area contributed by atoms with Crippen molar-refractivity contribution in [2.24, 2.45) is 5.92 Å². The van der Waals surface area contributed by atoms with Gasteiger partial charge in [-0.3, -0.25) is 9.59 Å². The van der Waals surface area contributed by atoms with Crippen molar-refractivity contribution < 1.29 is 18.7 Å². The number of esters is 1. The number of methoxy groups -OCH3 is 1. The summed E-state index contributed by atoms with van der Waals surface area (Å²) in [6, 6.07) is 8.74. The van der Waals surface area contributed by atoms with Gasteiger partial charge < -0.3 is 14.5 Å². The van der Waals surface area contributed by atoms with Crippen molar-refractivity contribution >= 4 is 11.9 Å². The van der Waals surface area contributed by atoms with E-state index in [0.29, 0.717) is 11.6 Å². The van der Waals surface area contributed by atoms with Gasteiger partial charge in [0.05, 0.1) is 24.8 Å². The molecule has 0 saturated heterocycles. The first-order valence-electron chi connectivity index (χ1n) is 7.31. The number of nitrogens with one attached hydrogen (secondary N) is 1. The molecule has 2 atom stereocenters. The number of amides is 1. The molecule has 0 spiro atoms. The van der Waals surface area contributed by atoms with Crippen LogP contribution in [-0.4, -0.2) is 24.0 Å². The molecule has 1 aromatic heterocycles. The topological polar surface area (TPSA) is 81.4 Å². The second kappa shape index (κ2) is 7.09. The number of oxazole rings is 1. The Labute approximate surface area is 134 Å². The summed E-state index contributed by atoms with van der Waals surface area (Å²) in [5.41, 5.74) is 1.32. The Balaban J connectivity index is 2.29. The lowest BCUT2D eigenvalue weighted by Gasteiger charge is -2.23. The number of hydrogen-bond donors (Lipinski definition) is 1. The minimum atomic E-state index is -0.546. The first-order chi connectivity index (χ1) is 10.9. The Morgan fingerprint density at radius 2 is 1.87 bits per heavy atom. The maximum atomic E-state index is 12.5. The molecule has 1 N–H and O–H groups in total. The molecule has 1 heterocycles. The molecule has 0 saturated carbocycles. The highest BCUT2D eigenvalue weighted by atomic mass is 16.5. The molecule has 0 bridgehead atoms. The highest BCUT2D eigenvalue weighted by molar-refractivity contribution is 5.93. The molecule has 122 valence electrons. The number of benzene rings is 1. The zero-order valence-corrected chi connectivity index (χ0v) is 13.6. The maximum Gasteiger partial charge on any atom is 0.310 e. The van der Waals surface area contributed by atoms with Crippen LogP contribution in [0.2, 0.25) is 0 Å². The van der Waals surface area contributed by atoms with E-state index in [4.69, 9.17) is 9.15 Å². The van der Waals surface area contributed by atoms with Crippen LogP contribution in [0.3, 0.4) is 0 Å². The normalized spacial score (nSPS) is 13.2. The van der Waals surface area contributed by atoms with Gasteiger partial charge >= 0.3 is 5.97 Å². The van der Waals surface area contributed by atoms with E-state index in [2.05, 4.69) is 10.3 Å². The summed E-state index contributed by atoms with van der Waals surface area (Å²) in [6.07, 6.45) is 0. The molecule has 0 fully saturated rings. The fourth-order valence-electron chi connectivity index (χ4n) is 2.43. The summed E-state index contributed by atoms with van der Waals surface area (Å²) in [5, 5.41) is 2.85. The molecule has 6 heteroatoms. The van der Waals surface area contributed by atoms with Crippen LogP contribution in [0.1, 0.15) is 40.7 Å². The monoisotopic (exact) mass is 316 g/mol. The lowest BCUT2D eigenvalue weighted by atomic mass is 9.94. The molecule has 0 radical (unpaired) electrons. The standard InChI is InChI=1S/C17H20N2O4/c1-10(17(21)22-4)14(13-8-6-5-7-9-13)19-16(20)15-11(2)18-12(3)23-15/h5-10,14H,1-4H3,(H,19,20)/t10-,14-/m1/s1. The van der Waals surface area contributed by atoms with E-state index in [9.17, 15) is 9.59 Å². The Morgan fingerprint density at radius 3 is 2.39 bits per heavy atom. The summed E-state index contributed by atoms with van der Waals surface area (Å²) < 4.78 is 10.1. The molecule has 23 heavy (non-hydrogen) atoms. The fraction of sp³-hybridized carbons (Fsp3) is 0.353. The van der Waals surface area contributed by atoms with Gasteiger partial charge in [0.1, 0.15) is 0 Å². The van der Waals surface area contributed by atoms with Gasteiger partial charge in [0.15, 0.2) is 5.89 Å². The van der Waals surface area contributed by atoms with Gasteiger partial charge in [-0.15, -0.1) is 0 Å². The van der Waals surface area contributed by atoms with E-state index in [1.54, 1.807) is 20.8 Å². The van der Waals surface area contributed by atoms with Crippen LogP contribution in [0.5, 0.6) is 0 Å². The van der Waals surface area contributed by atoms with Crippen LogP contribution >= 0.6 is 0 Å². The maximum absolute atomic E-state index is 12.5. The highest BCUT2D eigenvalue weighted by Crippen LogP contribution is 2.24. The van der Waals surface area contributed by atoms with Gasteiger partial charge in [0, 0.05) is 6.92 Å². The first-order valence-corrected chi connectivity index (χ1v) is 7.31. The van der Waals surface area contributed by atoms with Crippen LogP contribution in [0, 0.1) is 19.8 Å². The minimum Gasteiger partial charge on any atom is -0.469 e. The van der Waals surface area contributed by atoms with E-state index in [1.165, 1.54) is 7.11 Å². The third-order valence-electron chi connectivity index (χ3n) is 3.63. The smallest absolute Gasteiger partial charge is 0.310 e. The number of carbonyl (C=O) groups is 2. The molecule has 1 aromatic carbocycles. The lowest BCUT2D eigenvalue weighted by Crippen LogP contribution is -2.36. The highest BCUT2D eigenvalue weighted by Gasteiger charge is 2.29. The average Bonchev–Trinajstić information content (AvgIpc) is 2.90. The SMILES string of the molecule is COC(=O)[C@H](C)[C@@H](NC(=O)c1oc(C)nc1C)c1ccccc1. The van der Waals surface area contributed by atoms with Crippen molar-refractivity contribution in [1.29, 1.82) is 0 Å². The number of ether oxygens (including phenoxy) is 1. The molecule has 2 rings (SSSR count). The van der Waals surface area contributed by atoms with Gasteiger partial charge in [0.25, 0.3) is 5.91 Å². The number of carbonyl (C=O) groups excluding carboxylic acids is 2. The summed E-state index contributed by atoms with van der Waals surface area (Å²) in [4.78, 5) is 28.5. The molecular weight excluding hydrogens is 296 g/mol. The third kappa shape index (κ3) is 3.77. The van der Waals surface area contributed by atoms with Gasteiger partial charge in [-0.2, -0.15) is 0 Å². The summed E-state index contributed by atoms with van der Waals surface area (Å²) in [5.74, 6) is -0.779. The van der Waals surface area contributed by atoms with E-state index >= 15 is 0 Å². The second-order valence-corrected chi connectivity index (χ2v) is 5.32. The number of aromatic nitrogens is 1. The van der Waals surface area contributed by atoms with Crippen LogP contribution in [0.4, 0.5) is 0 Å². The first kappa shape index (κ1) is 16.7. The Hall–Kier alpha value is -2.63. The number of hydrogen-bond acceptors (Lipinski definition) is 5. The number of aryl methyl sites for hydroxylation is 2. The lowest BCUT2D eigenvalue weighted by molar-refractivity contribution is -0.145. The molecule has 6 nitrogen and oxygen atoms in total. The van der Waals surface area contributed by atoms with Crippen molar-refractivity contribution in [2.75, 3.05) is 7.11 Å². The number of rotatable bonds is 5. The van der Waals surface area contributed by atoms with Crippen molar-refractivity contribution in [3.05, 3.63) is 53.2 Å². The second-order valence-electron chi connectivity index (χ2n) is 5.32. The predicted molar refractivity (Wildman–Crippen MR) is 83.8 cm³/mol. The molecule has 2 aromatic rings. The third-order valence-corrected chi connectivity index (χ3v) is 3.63. The van der Waals surface area contributed by atoms with Crippen molar-refractivity contribution in [3.8, 4) is 0 Å². The van der Waals surface area contributed by atoms with E-state index in [1.807, 2.05) is 30.3 Å².